The largest absolute Gasteiger partial charge is 0.386 e. The molecule has 3 nitrogen and oxygen atoms in total. The molecule has 1 atom stereocenters. The lowest BCUT2D eigenvalue weighted by Gasteiger charge is -2.15. The van der Waals surface area contributed by atoms with Gasteiger partial charge in [0, 0.05) is 12.5 Å². The SMILES string of the molecule is CC(C)n1cncc1C(O)Cc1ccsc1. The van der Waals surface area contributed by atoms with Gasteiger partial charge in [-0.25, -0.2) is 4.98 Å². The van der Waals surface area contributed by atoms with Crippen LogP contribution in [0.1, 0.15) is 37.3 Å². The van der Waals surface area contributed by atoms with Gasteiger partial charge in [0.15, 0.2) is 0 Å². The first-order valence-corrected chi connectivity index (χ1v) is 6.33. The predicted molar refractivity (Wildman–Crippen MR) is 65.6 cm³/mol. The summed E-state index contributed by atoms with van der Waals surface area (Å²) < 4.78 is 2.01. The zero-order chi connectivity index (χ0) is 11.5. The van der Waals surface area contributed by atoms with Crippen LogP contribution in [0.3, 0.4) is 0 Å². The van der Waals surface area contributed by atoms with Gasteiger partial charge in [-0.15, -0.1) is 0 Å². The lowest BCUT2D eigenvalue weighted by atomic mass is 10.1. The first kappa shape index (κ1) is 11.4. The van der Waals surface area contributed by atoms with E-state index in [1.165, 1.54) is 5.56 Å². The topological polar surface area (TPSA) is 38.0 Å². The Balaban J connectivity index is 2.14. The lowest BCUT2D eigenvalue weighted by Crippen LogP contribution is -2.10. The van der Waals surface area contributed by atoms with E-state index in [-0.39, 0.29) is 0 Å². The monoisotopic (exact) mass is 236 g/mol. The van der Waals surface area contributed by atoms with Crippen LogP contribution in [0.5, 0.6) is 0 Å². The normalized spacial score (nSPS) is 13.2. The van der Waals surface area contributed by atoms with Gasteiger partial charge >= 0.3 is 0 Å². The second kappa shape index (κ2) is 4.80. The van der Waals surface area contributed by atoms with Crippen LogP contribution in [-0.2, 0) is 6.42 Å². The van der Waals surface area contributed by atoms with E-state index in [1.54, 1.807) is 23.9 Å². The zero-order valence-corrected chi connectivity index (χ0v) is 10.3. The summed E-state index contributed by atoms with van der Waals surface area (Å²) >= 11 is 1.66. The molecule has 0 radical (unpaired) electrons. The van der Waals surface area contributed by atoms with E-state index in [4.69, 9.17) is 0 Å². The van der Waals surface area contributed by atoms with E-state index in [0.29, 0.717) is 12.5 Å². The number of aromatic nitrogens is 2. The third-order valence-electron chi connectivity index (χ3n) is 2.60. The smallest absolute Gasteiger partial charge is 0.0996 e. The highest BCUT2D eigenvalue weighted by Gasteiger charge is 2.15. The summed E-state index contributed by atoms with van der Waals surface area (Å²) in [5.74, 6) is 0. The number of hydrogen-bond acceptors (Lipinski definition) is 3. The van der Waals surface area contributed by atoms with Gasteiger partial charge in [0.1, 0.15) is 0 Å². The maximum atomic E-state index is 10.2. The molecule has 2 aromatic heterocycles. The fraction of sp³-hybridized carbons (Fsp3) is 0.417. The summed E-state index contributed by atoms with van der Waals surface area (Å²) in [7, 11) is 0. The van der Waals surface area contributed by atoms with Gasteiger partial charge in [-0.3, -0.25) is 0 Å². The highest BCUT2D eigenvalue weighted by atomic mass is 32.1. The molecule has 0 saturated heterocycles. The predicted octanol–water partition coefficient (Wildman–Crippen LogP) is 2.80. The third kappa shape index (κ3) is 2.33. The second-order valence-corrected chi connectivity index (χ2v) is 4.95. The summed E-state index contributed by atoms with van der Waals surface area (Å²) in [5, 5.41) is 14.3. The maximum Gasteiger partial charge on any atom is 0.0996 e. The van der Waals surface area contributed by atoms with Crippen LogP contribution in [0.25, 0.3) is 0 Å². The molecule has 16 heavy (non-hydrogen) atoms. The molecule has 1 N–H and O–H groups in total. The van der Waals surface area contributed by atoms with Gasteiger partial charge in [0.05, 0.1) is 24.3 Å². The Hall–Kier alpha value is -1.13. The van der Waals surface area contributed by atoms with E-state index in [1.807, 2.05) is 16.0 Å². The molecule has 2 heterocycles. The molecule has 2 rings (SSSR count). The summed E-state index contributed by atoms with van der Waals surface area (Å²) in [5.41, 5.74) is 2.07. The van der Waals surface area contributed by atoms with Crippen molar-refractivity contribution in [1.82, 2.24) is 9.55 Å². The number of aliphatic hydroxyl groups is 1. The van der Waals surface area contributed by atoms with E-state index < -0.39 is 6.10 Å². The van der Waals surface area contributed by atoms with Crippen molar-refractivity contribution in [2.45, 2.75) is 32.4 Å². The Morgan fingerprint density at radius 2 is 2.31 bits per heavy atom. The number of aliphatic hydroxyl groups excluding tert-OH is 1. The Kier molecular flexibility index (Phi) is 3.41. The standard InChI is InChI=1S/C12H16N2OS/c1-9(2)14-8-13-6-11(14)12(15)5-10-3-4-16-7-10/h3-4,6-9,12,15H,5H2,1-2H3. The molecule has 0 fully saturated rings. The van der Waals surface area contributed by atoms with Gasteiger partial charge < -0.3 is 9.67 Å². The van der Waals surface area contributed by atoms with Crippen molar-refractivity contribution in [3.63, 3.8) is 0 Å². The van der Waals surface area contributed by atoms with Crippen LogP contribution in [0, 0.1) is 0 Å². The maximum absolute atomic E-state index is 10.2. The van der Waals surface area contributed by atoms with E-state index >= 15 is 0 Å². The van der Waals surface area contributed by atoms with Crippen LogP contribution in [-0.4, -0.2) is 14.7 Å². The minimum atomic E-state index is -0.473. The van der Waals surface area contributed by atoms with Crippen molar-refractivity contribution in [3.05, 3.63) is 40.6 Å². The molecule has 0 aliphatic heterocycles. The quantitative estimate of drug-likeness (QED) is 0.886. The van der Waals surface area contributed by atoms with Crippen molar-refractivity contribution in [2.75, 3.05) is 0 Å². The Bertz CT molecular complexity index is 434. The molecule has 1 unspecified atom stereocenters. The molecule has 0 spiro atoms. The molecule has 0 aliphatic rings. The van der Waals surface area contributed by atoms with Crippen molar-refractivity contribution in [1.29, 1.82) is 0 Å². The molecule has 0 aromatic carbocycles. The molecule has 4 heteroatoms. The molecule has 0 saturated carbocycles. The van der Waals surface area contributed by atoms with Crippen LogP contribution in [0.4, 0.5) is 0 Å². The minimum absolute atomic E-state index is 0.328. The first-order chi connectivity index (χ1) is 7.68. The molecular weight excluding hydrogens is 220 g/mol. The Morgan fingerprint density at radius 1 is 1.50 bits per heavy atom. The molecule has 86 valence electrons. The Morgan fingerprint density at radius 3 is 2.94 bits per heavy atom. The van der Waals surface area contributed by atoms with Gasteiger partial charge in [0.25, 0.3) is 0 Å². The van der Waals surface area contributed by atoms with E-state index in [2.05, 4.69) is 24.2 Å². The fourth-order valence-electron chi connectivity index (χ4n) is 1.74. The number of thiophene rings is 1. The van der Waals surface area contributed by atoms with Crippen molar-refractivity contribution < 1.29 is 5.11 Å². The molecular formula is C12H16N2OS. The highest BCUT2D eigenvalue weighted by Crippen LogP contribution is 2.21. The summed E-state index contributed by atoms with van der Waals surface area (Å²) in [6.45, 7) is 4.17. The molecule has 0 amide bonds. The summed E-state index contributed by atoms with van der Waals surface area (Å²) in [6, 6.07) is 2.37. The third-order valence-corrected chi connectivity index (χ3v) is 3.33. The molecule has 0 aliphatic carbocycles. The van der Waals surface area contributed by atoms with Crippen LogP contribution < -0.4 is 0 Å². The summed E-state index contributed by atoms with van der Waals surface area (Å²) in [4.78, 5) is 4.10. The second-order valence-electron chi connectivity index (χ2n) is 4.17. The number of rotatable bonds is 4. The van der Waals surface area contributed by atoms with Gasteiger partial charge in [-0.1, -0.05) is 0 Å². The van der Waals surface area contributed by atoms with Gasteiger partial charge in [0.2, 0.25) is 0 Å². The average molecular weight is 236 g/mol. The van der Waals surface area contributed by atoms with Crippen molar-refractivity contribution >= 4 is 11.3 Å². The average Bonchev–Trinajstić information content (AvgIpc) is 2.86. The number of imidazole rings is 1. The van der Waals surface area contributed by atoms with Crippen LogP contribution >= 0.6 is 11.3 Å². The number of hydrogen-bond donors (Lipinski definition) is 1. The summed E-state index contributed by atoms with van der Waals surface area (Å²) in [6.07, 6.45) is 3.70. The van der Waals surface area contributed by atoms with Crippen LogP contribution in [0.15, 0.2) is 29.4 Å². The lowest BCUT2D eigenvalue weighted by molar-refractivity contribution is 0.167. The molecule has 2 aromatic rings. The Labute approximate surface area is 99.4 Å². The molecule has 0 bridgehead atoms. The minimum Gasteiger partial charge on any atom is -0.386 e. The van der Waals surface area contributed by atoms with Gasteiger partial charge in [-0.2, -0.15) is 11.3 Å². The van der Waals surface area contributed by atoms with Crippen LogP contribution in [0.2, 0.25) is 0 Å². The van der Waals surface area contributed by atoms with Gasteiger partial charge in [-0.05, 0) is 36.2 Å². The van der Waals surface area contributed by atoms with E-state index in [9.17, 15) is 5.11 Å². The fourth-order valence-corrected chi connectivity index (χ4v) is 2.42. The first-order valence-electron chi connectivity index (χ1n) is 5.39. The van der Waals surface area contributed by atoms with Crippen molar-refractivity contribution in [3.8, 4) is 0 Å². The highest BCUT2D eigenvalue weighted by molar-refractivity contribution is 7.07. The van der Waals surface area contributed by atoms with Crippen molar-refractivity contribution in [2.24, 2.45) is 0 Å². The number of nitrogens with zero attached hydrogens (tertiary/aromatic N) is 2. The zero-order valence-electron chi connectivity index (χ0n) is 9.50. The van der Waals surface area contributed by atoms with E-state index in [0.717, 1.165) is 5.69 Å².